The molecule has 2 nitrogen and oxygen atoms in total. The number of nitrogens with zero attached hydrogens (tertiary/aromatic N) is 1. The highest BCUT2D eigenvalue weighted by Gasteiger charge is 2.24. The SMILES string of the molecule is CCCC1CCCCN1c1ccc(F)cc1[C@@H](C)O. The summed E-state index contributed by atoms with van der Waals surface area (Å²) in [7, 11) is 0. The Hall–Kier alpha value is -1.09. The number of aliphatic hydroxyl groups is 1. The summed E-state index contributed by atoms with van der Waals surface area (Å²) in [4.78, 5) is 2.37. The van der Waals surface area contributed by atoms with Gasteiger partial charge in [-0.15, -0.1) is 0 Å². The second-order valence-electron chi connectivity index (χ2n) is 5.51. The molecule has 1 fully saturated rings. The van der Waals surface area contributed by atoms with E-state index in [4.69, 9.17) is 0 Å². The minimum atomic E-state index is -0.630. The molecule has 1 heterocycles. The molecule has 19 heavy (non-hydrogen) atoms. The molecule has 2 rings (SSSR count). The first kappa shape index (κ1) is 14.3. The van der Waals surface area contributed by atoms with Crippen LogP contribution in [-0.4, -0.2) is 17.7 Å². The first-order chi connectivity index (χ1) is 9.13. The van der Waals surface area contributed by atoms with E-state index in [-0.39, 0.29) is 5.82 Å². The summed E-state index contributed by atoms with van der Waals surface area (Å²) in [6.07, 6.45) is 5.34. The largest absolute Gasteiger partial charge is 0.389 e. The van der Waals surface area contributed by atoms with Crippen molar-refractivity contribution in [3.63, 3.8) is 0 Å². The van der Waals surface area contributed by atoms with Gasteiger partial charge >= 0.3 is 0 Å². The molecule has 0 aromatic heterocycles. The van der Waals surface area contributed by atoms with Gasteiger partial charge in [-0.05, 0) is 50.8 Å². The highest BCUT2D eigenvalue weighted by atomic mass is 19.1. The molecule has 3 heteroatoms. The Balaban J connectivity index is 2.32. The fraction of sp³-hybridized carbons (Fsp3) is 0.625. The first-order valence-electron chi connectivity index (χ1n) is 7.37. The van der Waals surface area contributed by atoms with Gasteiger partial charge in [-0.3, -0.25) is 0 Å². The van der Waals surface area contributed by atoms with E-state index in [9.17, 15) is 9.50 Å². The van der Waals surface area contributed by atoms with Crippen molar-refractivity contribution < 1.29 is 9.50 Å². The Kier molecular flexibility index (Phi) is 4.81. The molecule has 0 spiro atoms. The third-order valence-electron chi connectivity index (χ3n) is 4.00. The molecule has 1 aliphatic rings. The van der Waals surface area contributed by atoms with Crippen molar-refractivity contribution in [2.45, 2.75) is 58.1 Å². The molecule has 0 aliphatic carbocycles. The van der Waals surface area contributed by atoms with Gasteiger partial charge in [0.1, 0.15) is 5.82 Å². The zero-order valence-electron chi connectivity index (χ0n) is 11.9. The highest BCUT2D eigenvalue weighted by molar-refractivity contribution is 5.56. The van der Waals surface area contributed by atoms with Crippen LogP contribution < -0.4 is 4.90 Å². The fourth-order valence-corrected chi connectivity index (χ4v) is 3.07. The zero-order valence-corrected chi connectivity index (χ0v) is 11.9. The molecule has 106 valence electrons. The van der Waals surface area contributed by atoms with Crippen molar-refractivity contribution in [1.29, 1.82) is 0 Å². The third kappa shape index (κ3) is 3.27. The standard InChI is InChI=1S/C16H24FNO/c1-3-6-14-7-4-5-10-18(14)16-9-8-13(17)11-15(16)12(2)19/h8-9,11-12,14,19H,3-7,10H2,1-2H3/t12-,14?/m1/s1. The van der Waals surface area contributed by atoms with Crippen molar-refractivity contribution in [2.75, 3.05) is 11.4 Å². The van der Waals surface area contributed by atoms with Crippen LogP contribution in [0.15, 0.2) is 18.2 Å². The lowest BCUT2D eigenvalue weighted by Gasteiger charge is -2.39. The molecule has 1 saturated heterocycles. The van der Waals surface area contributed by atoms with Gasteiger partial charge in [-0.2, -0.15) is 0 Å². The van der Waals surface area contributed by atoms with Crippen LogP contribution in [0.4, 0.5) is 10.1 Å². The van der Waals surface area contributed by atoms with Gasteiger partial charge in [0.25, 0.3) is 0 Å². The van der Waals surface area contributed by atoms with E-state index in [0.29, 0.717) is 11.6 Å². The van der Waals surface area contributed by atoms with Gasteiger partial charge < -0.3 is 10.0 Å². The van der Waals surface area contributed by atoms with E-state index in [1.54, 1.807) is 6.92 Å². The molecule has 1 unspecified atom stereocenters. The molecule has 1 aromatic rings. The molecule has 1 aliphatic heterocycles. The summed E-state index contributed by atoms with van der Waals surface area (Å²) >= 11 is 0. The summed E-state index contributed by atoms with van der Waals surface area (Å²) < 4.78 is 13.4. The third-order valence-corrected chi connectivity index (χ3v) is 4.00. The van der Waals surface area contributed by atoms with Gasteiger partial charge in [-0.25, -0.2) is 4.39 Å². The van der Waals surface area contributed by atoms with E-state index < -0.39 is 6.10 Å². The van der Waals surface area contributed by atoms with Gasteiger partial charge in [0.2, 0.25) is 0 Å². The van der Waals surface area contributed by atoms with Crippen molar-refractivity contribution in [3.8, 4) is 0 Å². The Morgan fingerprint density at radius 1 is 1.42 bits per heavy atom. The van der Waals surface area contributed by atoms with Crippen LogP contribution in [0.1, 0.15) is 57.6 Å². The number of hydrogen-bond acceptors (Lipinski definition) is 2. The maximum atomic E-state index is 13.4. The molecule has 2 atom stereocenters. The summed E-state index contributed by atoms with van der Waals surface area (Å²) in [5, 5.41) is 9.88. The lowest BCUT2D eigenvalue weighted by molar-refractivity contribution is 0.198. The summed E-state index contributed by atoms with van der Waals surface area (Å²) in [5.74, 6) is -0.274. The average molecular weight is 265 g/mol. The van der Waals surface area contributed by atoms with Crippen molar-refractivity contribution >= 4 is 5.69 Å². The highest BCUT2D eigenvalue weighted by Crippen LogP contribution is 2.33. The van der Waals surface area contributed by atoms with Crippen LogP contribution in [-0.2, 0) is 0 Å². The van der Waals surface area contributed by atoms with Gasteiger partial charge in [-0.1, -0.05) is 13.3 Å². The Morgan fingerprint density at radius 2 is 2.21 bits per heavy atom. The molecule has 1 aromatic carbocycles. The molecule has 0 bridgehead atoms. The van der Waals surface area contributed by atoms with E-state index >= 15 is 0 Å². The van der Waals surface area contributed by atoms with Crippen LogP contribution in [0, 0.1) is 5.82 Å². The minimum absolute atomic E-state index is 0.274. The lowest BCUT2D eigenvalue weighted by Crippen LogP contribution is -2.40. The maximum absolute atomic E-state index is 13.4. The zero-order chi connectivity index (χ0) is 13.8. The predicted octanol–water partition coefficient (Wildman–Crippen LogP) is 4.04. The van der Waals surface area contributed by atoms with E-state index in [0.717, 1.165) is 25.1 Å². The smallest absolute Gasteiger partial charge is 0.123 e. The molecule has 0 radical (unpaired) electrons. The number of rotatable bonds is 4. The summed E-state index contributed by atoms with van der Waals surface area (Å²) in [5.41, 5.74) is 1.72. The Bertz CT molecular complexity index is 417. The number of aliphatic hydroxyl groups excluding tert-OH is 1. The van der Waals surface area contributed by atoms with E-state index in [1.807, 2.05) is 6.07 Å². The van der Waals surface area contributed by atoms with Crippen LogP contribution in [0.2, 0.25) is 0 Å². The topological polar surface area (TPSA) is 23.5 Å². The molecule has 0 amide bonds. The average Bonchev–Trinajstić information content (AvgIpc) is 2.40. The quantitative estimate of drug-likeness (QED) is 0.888. The lowest BCUT2D eigenvalue weighted by atomic mass is 9.95. The Morgan fingerprint density at radius 3 is 2.89 bits per heavy atom. The van der Waals surface area contributed by atoms with Gasteiger partial charge in [0.05, 0.1) is 6.10 Å². The van der Waals surface area contributed by atoms with E-state index in [2.05, 4.69) is 11.8 Å². The summed E-state index contributed by atoms with van der Waals surface area (Å²) in [6.45, 7) is 4.92. The van der Waals surface area contributed by atoms with Crippen LogP contribution in [0.25, 0.3) is 0 Å². The normalized spacial score (nSPS) is 21.5. The molecule has 1 N–H and O–H groups in total. The van der Waals surface area contributed by atoms with Gasteiger partial charge in [0, 0.05) is 23.8 Å². The Labute approximate surface area is 115 Å². The van der Waals surface area contributed by atoms with E-state index in [1.165, 1.54) is 31.4 Å². The second kappa shape index (κ2) is 6.38. The first-order valence-corrected chi connectivity index (χ1v) is 7.37. The second-order valence-corrected chi connectivity index (χ2v) is 5.51. The summed E-state index contributed by atoms with van der Waals surface area (Å²) in [6, 6.07) is 5.32. The molecule has 0 saturated carbocycles. The van der Waals surface area contributed by atoms with Crippen LogP contribution in [0.5, 0.6) is 0 Å². The van der Waals surface area contributed by atoms with Crippen LogP contribution >= 0.6 is 0 Å². The van der Waals surface area contributed by atoms with Crippen molar-refractivity contribution in [2.24, 2.45) is 0 Å². The number of hydrogen-bond donors (Lipinski definition) is 1. The monoisotopic (exact) mass is 265 g/mol. The predicted molar refractivity (Wildman–Crippen MR) is 76.9 cm³/mol. The maximum Gasteiger partial charge on any atom is 0.123 e. The van der Waals surface area contributed by atoms with Crippen molar-refractivity contribution in [1.82, 2.24) is 0 Å². The number of benzene rings is 1. The molecular formula is C16H24FNO. The van der Waals surface area contributed by atoms with Crippen LogP contribution in [0.3, 0.4) is 0 Å². The van der Waals surface area contributed by atoms with Gasteiger partial charge in [0.15, 0.2) is 0 Å². The number of anilines is 1. The number of piperidine rings is 1. The fourth-order valence-electron chi connectivity index (χ4n) is 3.07. The van der Waals surface area contributed by atoms with Crippen molar-refractivity contribution in [3.05, 3.63) is 29.6 Å². The molecular weight excluding hydrogens is 241 g/mol. The minimum Gasteiger partial charge on any atom is -0.389 e. The number of halogens is 1.